The lowest BCUT2D eigenvalue weighted by Gasteiger charge is -2.07. The minimum Gasteiger partial charge on any atom is -0.348 e. The Morgan fingerprint density at radius 2 is 1.65 bits per heavy atom. The number of carbonyl (C=O) groups excluding carboxylic acids is 2. The molecule has 23 heavy (non-hydrogen) atoms. The summed E-state index contributed by atoms with van der Waals surface area (Å²) >= 11 is 5.84. The van der Waals surface area contributed by atoms with E-state index in [2.05, 4.69) is 10.6 Å². The van der Waals surface area contributed by atoms with Gasteiger partial charge in [-0.3, -0.25) is 9.59 Å². The van der Waals surface area contributed by atoms with Crippen molar-refractivity contribution in [2.45, 2.75) is 13.0 Å². The van der Waals surface area contributed by atoms with E-state index in [0.717, 1.165) is 11.1 Å². The van der Waals surface area contributed by atoms with Crippen molar-refractivity contribution in [3.05, 3.63) is 70.5 Å². The number of hydrogen-bond donors (Lipinski definition) is 2. The van der Waals surface area contributed by atoms with Crippen molar-refractivity contribution in [3.8, 4) is 0 Å². The molecule has 0 saturated heterocycles. The molecule has 0 spiro atoms. The van der Waals surface area contributed by atoms with Gasteiger partial charge >= 0.3 is 11.8 Å². The van der Waals surface area contributed by atoms with E-state index in [-0.39, 0.29) is 18.9 Å². The molecule has 0 aliphatic rings. The number of amides is 2. The van der Waals surface area contributed by atoms with Gasteiger partial charge in [0.2, 0.25) is 0 Å². The summed E-state index contributed by atoms with van der Waals surface area (Å²) in [4.78, 5) is 23.3. The van der Waals surface area contributed by atoms with Crippen LogP contribution in [0.15, 0.2) is 48.5 Å². The number of carbonyl (C=O) groups is 2. The van der Waals surface area contributed by atoms with Gasteiger partial charge < -0.3 is 10.6 Å². The average Bonchev–Trinajstić information content (AvgIpc) is 2.52. The summed E-state index contributed by atoms with van der Waals surface area (Å²) in [5.74, 6) is -1.76. The summed E-state index contributed by atoms with van der Waals surface area (Å²) < 4.78 is 13.0. The van der Waals surface area contributed by atoms with Crippen LogP contribution in [0.4, 0.5) is 4.39 Å². The Labute approximate surface area is 138 Å². The van der Waals surface area contributed by atoms with Gasteiger partial charge in [0.15, 0.2) is 0 Å². The maximum absolute atomic E-state index is 13.0. The number of rotatable bonds is 5. The second-order valence-corrected chi connectivity index (χ2v) is 5.38. The quantitative estimate of drug-likeness (QED) is 0.825. The van der Waals surface area contributed by atoms with Gasteiger partial charge in [-0.2, -0.15) is 0 Å². The molecule has 0 aliphatic heterocycles. The van der Waals surface area contributed by atoms with Crippen molar-refractivity contribution in [3.63, 3.8) is 0 Å². The van der Waals surface area contributed by atoms with E-state index in [1.807, 2.05) is 0 Å². The van der Waals surface area contributed by atoms with E-state index < -0.39 is 11.8 Å². The maximum atomic E-state index is 13.0. The van der Waals surface area contributed by atoms with E-state index in [0.29, 0.717) is 11.4 Å². The van der Waals surface area contributed by atoms with E-state index in [9.17, 15) is 14.0 Å². The molecule has 0 bridgehead atoms. The Bertz CT molecular complexity index is 706. The van der Waals surface area contributed by atoms with Gasteiger partial charge in [-0.05, 0) is 41.8 Å². The molecule has 0 fully saturated rings. The molecule has 4 nitrogen and oxygen atoms in total. The monoisotopic (exact) mass is 334 g/mol. The fourth-order valence-electron chi connectivity index (χ4n) is 2.00. The lowest BCUT2D eigenvalue weighted by Crippen LogP contribution is -2.40. The molecule has 0 saturated carbocycles. The van der Waals surface area contributed by atoms with Gasteiger partial charge in [-0.15, -0.1) is 0 Å². The number of hydrogen-bond acceptors (Lipinski definition) is 2. The van der Waals surface area contributed by atoms with Gasteiger partial charge in [-0.25, -0.2) is 4.39 Å². The molecule has 2 aromatic rings. The Morgan fingerprint density at radius 3 is 2.39 bits per heavy atom. The van der Waals surface area contributed by atoms with Crippen molar-refractivity contribution in [1.29, 1.82) is 0 Å². The SMILES string of the molecule is O=C(NCCc1cccc(F)c1)C(=O)NCc1cccc(Cl)c1. The van der Waals surface area contributed by atoms with Crippen LogP contribution in [0, 0.1) is 5.82 Å². The first-order valence-electron chi connectivity index (χ1n) is 7.09. The third-order valence-electron chi connectivity index (χ3n) is 3.14. The van der Waals surface area contributed by atoms with Gasteiger partial charge in [-0.1, -0.05) is 35.9 Å². The molecule has 2 amide bonds. The standard InChI is InChI=1S/C17H16ClFN2O2/c18-14-5-1-4-13(9-14)11-21-17(23)16(22)20-8-7-12-3-2-6-15(19)10-12/h1-6,9-10H,7-8,11H2,(H,20,22)(H,21,23). The van der Waals surface area contributed by atoms with Crippen molar-refractivity contribution in [1.82, 2.24) is 10.6 Å². The zero-order valence-corrected chi connectivity index (χ0v) is 13.1. The summed E-state index contributed by atoms with van der Waals surface area (Å²) in [6.07, 6.45) is 0.449. The normalized spacial score (nSPS) is 10.2. The Morgan fingerprint density at radius 1 is 0.957 bits per heavy atom. The van der Waals surface area contributed by atoms with Crippen molar-refractivity contribution in [2.75, 3.05) is 6.54 Å². The zero-order valence-electron chi connectivity index (χ0n) is 12.3. The Hall–Kier alpha value is -2.40. The molecule has 0 aromatic heterocycles. The molecule has 2 rings (SSSR count). The third-order valence-corrected chi connectivity index (χ3v) is 3.37. The number of halogens is 2. The molecule has 0 unspecified atom stereocenters. The summed E-state index contributed by atoms with van der Waals surface area (Å²) in [7, 11) is 0. The lowest BCUT2D eigenvalue weighted by molar-refractivity contribution is -0.139. The Kier molecular flexibility index (Phi) is 6.11. The van der Waals surface area contributed by atoms with Crippen LogP contribution in [-0.2, 0) is 22.6 Å². The topological polar surface area (TPSA) is 58.2 Å². The first kappa shape index (κ1) is 17.0. The minimum atomic E-state index is -0.719. The van der Waals surface area contributed by atoms with Crippen LogP contribution in [0.25, 0.3) is 0 Å². The molecule has 6 heteroatoms. The first-order chi connectivity index (χ1) is 11.0. The highest BCUT2D eigenvalue weighted by Gasteiger charge is 2.12. The molecule has 0 aliphatic carbocycles. The van der Waals surface area contributed by atoms with Gasteiger partial charge in [0.1, 0.15) is 5.82 Å². The van der Waals surface area contributed by atoms with Crippen molar-refractivity contribution < 1.29 is 14.0 Å². The predicted octanol–water partition coefficient (Wildman–Crippen LogP) is 2.45. The van der Waals surface area contributed by atoms with Crippen LogP contribution in [0.3, 0.4) is 0 Å². The van der Waals surface area contributed by atoms with Crippen LogP contribution in [0.2, 0.25) is 5.02 Å². The second-order valence-electron chi connectivity index (χ2n) is 4.95. The van der Waals surface area contributed by atoms with E-state index in [1.165, 1.54) is 12.1 Å². The summed E-state index contributed by atoms with van der Waals surface area (Å²) in [5.41, 5.74) is 1.56. The summed E-state index contributed by atoms with van der Waals surface area (Å²) in [6, 6.07) is 13.1. The van der Waals surface area contributed by atoms with E-state index in [4.69, 9.17) is 11.6 Å². The smallest absolute Gasteiger partial charge is 0.309 e. The van der Waals surface area contributed by atoms with Crippen LogP contribution >= 0.6 is 11.6 Å². The molecule has 120 valence electrons. The largest absolute Gasteiger partial charge is 0.348 e. The van der Waals surface area contributed by atoms with Crippen molar-refractivity contribution >= 4 is 23.4 Å². The van der Waals surface area contributed by atoms with Gasteiger partial charge in [0.05, 0.1) is 0 Å². The van der Waals surface area contributed by atoms with Crippen LogP contribution in [0.5, 0.6) is 0 Å². The highest BCUT2D eigenvalue weighted by molar-refractivity contribution is 6.35. The molecule has 0 atom stereocenters. The van der Waals surface area contributed by atoms with E-state index >= 15 is 0 Å². The van der Waals surface area contributed by atoms with Crippen LogP contribution < -0.4 is 10.6 Å². The molecular formula is C17H16ClFN2O2. The number of nitrogens with one attached hydrogen (secondary N) is 2. The fourth-order valence-corrected chi connectivity index (χ4v) is 2.22. The highest BCUT2D eigenvalue weighted by atomic mass is 35.5. The van der Waals surface area contributed by atoms with Gasteiger partial charge in [0.25, 0.3) is 0 Å². The fraction of sp³-hybridized carbons (Fsp3) is 0.176. The van der Waals surface area contributed by atoms with Crippen LogP contribution in [-0.4, -0.2) is 18.4 Å². The molecule has 0 heterocycles. The zero-order chi connectivity index (χ0) is 16.7. The molecule has 2 N–H and O–H groups in total. The minimum absolute atomic E-state index is 0.219. The number of benzene rings is 2. The Balaban J connectivity index is 1.73. The van der Waals surface area contributed by atoms with Crippen molar-refractivity contribution in [2.24, 2.45) is 0 Å². The maximum Gasteiger partial charge on any atom is 0.309 e. The average molecular weight is 335 g/mol. The summed E-state index contributed by atoms with van der Waals surface area (Å²) in [5, 5.41) is 5.58. The lowest BCUT2D eigenvalue weighted by atomic mass is 10.1. The molecule has 2 aromatic carbocycles. The second kappa shape index (κ2) is 8.29. The predicted molar refractivity (Wildman–Crippen MR) is 86.4 cm³/mol. The van der Waals surface area contributed by atoms with Gasteiger partial charge in [0, 0.05) is 18.1 Å². The summed E-state index contributed by atoms with van der Waals surface area (Å²) in [6.45, 7) is 0.476. The molecular weight excluding hydrogens is 319 g/mol. The third kappa shape index (κ3) is 5.71. The van der Waals surface area contributed by atoms with E-state index in [1.54, 1.807) is 36.4 Å². The first-order valence-corrected chi connectivity index (χ1v) is 7.47. The highest BCUT2D eigenvalue weighted by Crippen LogP contribution is 2.10. The van der Waals surface area contributed by atoms with Crippen LogP contribution in [0.1, 0.15) is 11.1 Å². The molecule has 0 radical (unpaired) electrons.